The molecular weight excluding hydrogens is 314 g/mol. The van der Waals surface area contributed by atoms with E-state index in [1.165, 1.54) is 0 Å². The number of carbonyl (C=O) groups excluding carboxylic acids is 1. The van der Waals surface area contributed by atoms with Crippen LogP contribution in [0.15, 0.2) is 47.3 Å². The molecule has 5 heteroatoms. The normalized spacial score (nSPS) is 15.3. The Morgan fingerprint density at radius 1 is 1.04 bits per heavy atom. The van der Waals surface area contributed by atoms with Crippen molar-refractivity contribution in [3.8, 4) is 0 Å². The number of imidazole rings is 1. The summed E-state index contributed by atoms with van der Waals surface area (Å²) in [6, 6.07) is 13.8. The van der Waals surface area contributed by atoms with E-state index in [2.05, 4.69) is 11.4 Å². The SMILES string of the molecule is Cc1cccc(C2(C(=O)Nc3ccc4c(c3)n(C)c(=O)n4C)CC2)c1. The van der Waals surface area contributed by atoms with Crippen LogP contribution in [0.25, 0.3) is 11.0 Å². The minimum Gasteiger partial charge on any atom is -0.325 e. The Kier molecular flexibility index (Phi) is 3.35. The molecule has 25 heavy (non-hydrogen) atoms. The van der Waals surface area contributed by atoms with Crippen molar-refractivity contribution in [2.45, 2.75) is 25.2 Å². The number of hydrogen-bond acceptors (Lipinski definition) is 2. The van der Waals surface area contributed by atoms with Crippen molar-refractivity contribution in [3.05, 3.63) is 64.1 Å². The summed E-state index contributed by atoms with van der Waals surface area (Å²) in [6.07, 6.45) is 1.74. The highest BCUT2D eigenvalue weighted by Crippen LogP contribution is 2.49. The third kappa shape index (κ3) is 2.38. The number of amides is 1. The second kappa shape index (κ2) is 5.34. The molecule has 1 heterocycles. The zero-order chi connectivity index (χ0) is 17.8. The summed E-state index contributed by atoms with van der Waals surface area (Å²) < 4.78 is 3.20. The zero-order valence-electron chi connectivity index (χ0n) is 14.7. The molecule has 0 radical (unpaired) electrons. The Balaban J connectivity index is 1.66. The van der Waals surface area contributed by atoms with Crippen LogP contribution in [-0.4, -0.2) is 15.0 Å². The first kappa shape index (κ1) is 15.7. The number of rotatable bonds is 3. The van der Waals surface area contributed by atoms with Gasteiger partial charge in [-0.1, -0.05) is 29.8 Å². The van der Waals surface area contributed by atoms with E-state index in [1.807, 2.05) is 43.3 Å². The molecule has 4 rings (SSSR count). The van der Waals surface area contributed by atoms with E-state index in [0.29, 0.717) is 0 Å². The topological polar surface area (TPSA) is 56.0 Å². The van der Waals surface area contributed by atoms with E-state index >= 15 is 0 Å². The average Bonchev–Trinajstić information content (AvgIpc) is 3.38. The molecule has 0 unspecified atom stereocenters. The van der Waals surface area contributed by atoms with Gasteiger partial charge in [-0.3, -0.25) is 13.9 Å². The van der Waals surface area contributed by atoms with Gasteiger partial charge in [-0.2, -0.15) is 0 Å². The molecule has 0 bridgehead atoms. The average molecular weight is 335 g/mol. The number of aromatic nitrogens is 2. The predicted molar refractivity (Wildman–Crippen MR) is 98.9 cm³/mol. The molecule has 1 saturated carbocycles. The Hall–Kier alpha value is -2.82. The van der Waals surface area contributed by atoms with Crippen LogP contribution in [0.2, 0.25) is 0 Å². The smallest absolute Gasteiger partial charge is 0.325 e. The molecule has 2 aromatic carbocycles. The summed E-state index contributed by atoms with van der Waals surface area (Å²) >= 11 is 0. The van der Waals surface area contributed by atoms with Crippen LogP contribution in [0, 0.1) is 6.92 Å². The maximum Gasteiger partial charge on any atom is 0.328 e. The van der Waals surface area contributed by atoms with Gasteiger partial charge >= 0.3 is 5.69 Å². The highest BCUT2D eigenvalue weighted by atomic mass is 16.2. The number of nitrogens with zero attached hydrogens (tertiary/aromatic N) is 2. The summed E-state index contributed by atoms with van der Waals surface area (Å²) in [5, 5.41) is 3.05. The van der Waals surface area contributed by atoms with Gasteiger partial charge in [0, 0.05) is 19.8 Å². The van der Waals surface area contributed by atoms with Crippen LogP contribution in [0.4, 0.5) is 5.69 Å². The fourth-order valence-corrected chi connectivity index (χ4v) is 3.55. The lowest BCUT2D eigenvalue weighted by atomic mass is 9.93. The summed E-state index contributed by atoms with van der Waals surface area (Å²) in [6.45, 7) is 2.04. The first-order valence-electron chi connectivity index (χ1n) is 8.46. The van der Waals surface area contributed by atoms with Gasteiger partial charge < -0.3 is 5.32 Å². The van der Waals surface area contributed by atoms with E-state index in [0.717, 1.165) is 40.7 Å². The van der Waals surface area contributed by atoms with Crippen LogP contribution in [-0.2, 0) is 24.3 Å². The van der Waals surface area contributed by atoms with Crippen LogP contribution in [0.5, 0.6) is 0 Å². The molecule has 1 N–H and O–H groups in total. The lowest BCUT2D eigenvalue weighted by Crippen LogP contribution is -2.27. The number of nitrogens with one attached hydrogen (secondary N) is 1. The second-order valence-corrected chi connectivity index (χ2v) is 7.01. The van der Waals surface area contributed by atoms with Gasteiger partial charge in [-0.05, 0) is 43.5 Å². The number of anilines is 1. The van der Waals surface area contributed by atoms with E-state index in [9.17, 15) is 9.59 Å². The van der Waals surface area contributed by atoms with Crippen molar-refractivity contribution in [2.75, 3.05) is 5.32 Å². The molecule has 3 aromatic rings. The van der Waals surface area contributed by atoms with Crippen molar-refractivity contribution < 1.29 is 4.79 Å². The molecule has 1 aliphatic rings. The highest BCUT2D eigenvalue weighted by Gasteiger charge is 2.51. The minimum absolute atomic E-state index is 0.0263. The molecule has 0 aliphatic heterocycles. The predicted octanol–water partition coefficient (Wildman–Crippen LogP) is 2.86. The third-order valence-electron chi connectivity index (χ3n) is 5.29. The van der Waals surface area contributed by atoms with Crippen molar-refractivity contribution in [1.82, 2.24) is 9.13 Å². The molecule has 1 amide bonds. The van der Waals surface area contributed by atoms with Crippen LogP contribution in [0.1, 0.15) is 24.0 Å². The molecule has 5 nitrogen and oxygen atoms in total. The highest BCUT2D eigenvalue weighted by molar-refractivity contribution is 6.02. The number of aryl methyl sites for hydroxylation is 3. The fourth-order valence-electron chi connectivity index (χ4n) is 3.55. The minimum atomic E-state index is -0.413. The van der Waals surface area contributed by atoms with Crippen LogP contribution < -0.4 is 11.0 Å². The van der Waals surface area contributed by atoms with Crippen molar-refractivity contribution in [2.24, 2.45) is 14.1 Å². The Morgan fingerprint density at radius 2 is 1.76 bits per heavy atom. The Labute approximate surface area is 145 Å². The lowest BCUT2D eigenvalue weighted by molar-refractivity contribution is -0.118. The molecule has 0 spiro atoms. The second-order valence-electron chi connectivity index (χ2n) is 7.01. The van der Waals surface area contributed by atoms with Gasteiger partial charge in [0.15, 0.2) is 0 Å². The van der Waals surface area contributed by atoms with Crippen LogP contribution >= 0.6 is 0 Å². The fraction of sp³-hybridized carbons (Fsp3) is 0.300. The first-order valence-corrected chi connectivity index (χ1v) is 8.46. The number of hydrogen-bond donors (Lipinski definition) is 1. The number of fused-ring (bicyclic) bond motifs is 1. The lowest BCUT2D eigenvalue weighted by Gasteiger charge is -2.16. The molecule has 0 saturated heterocycles. The van der Waals surface area contributed by atoms with Crippen LogP contribution in [0.3, 0.4) is 0 Å². The molecule has 128 valence electrons. The number of carbonyl (C=O) groups is 1. The van der Waals surface area contributed by atoms with E-state index in [-0.39, 0.29) is 11.6 Å². The van der Waals surface area contributed by atoms with Gasteiger partial charge in [-0.15, -0.1) is 0 Å². The standard InChI is InChI=1S/C20H21N3O2/c1-13-5-4-6-14(11-13)20(9-10-20)18(24)21-15-7-8-16-17(12-15)23(3)19(25)22(16)2/h4-8,11-12H,9-10H2,1-3H3,(H,21,24). The van der Waals surface area contributed by atoms with E-state index < -0.39 is 5.41 Å². The molecular formula is C20H21N3O2. The molecule has 0 atom stereocenters. The summed E-state index contributed by atoms with van der Waals surface area (Å²) in [5.74, 6) is 0.0263. The van der Waals surface area contributed by atoms with Gasteiger partial charge in [-0.25, -0.2) is 4.79 Å². The summed E-state index contributed by atoms with van der Waals surface area (Å²) in [7, 11) is 3.49. The van der Waals surface area contributed by atoms with E-state index in [4.69, 9.17) is 0 Å². The van der Waals surface area contributed by atoms with Crippen molar-refractivity contribution >= 4 is 22.6 Å². The number of benzene rings is 2. The maximum atomic E-state index is 12.9. The van der Waals surface area contributed by atoms with Gasteiger partial charge in [0.05, 0.1) is 16.4 Å². The molecule has 1 aromatic heterocycles. The van der Waals surface area contributed by atoms with Gasteiger partial charge in [0.1, 0.15) is 0 Å². The zero-order valence-corrected chi connectivity index (χ0v) is 14.7. The third-order valence-corrected chi connectivity index (χ3v) is 5.29. The Morgan fingerprint density at radius 3 is 2.44 bits per heavy atom. The monoisotopic (exact) mass is 335 g/mol. The molecule has 1 aliphatic carbocycles. The molecule has 1 fully saturated rings. The van der Waals surface area contributed by atoms with Crippen molar-refractivity contribution in [1.29, 1.82) is 0 Å². The van der Waals surface area contributed by atoms with E-state index in [1.54, 1.807) is 23.2 Å². The Bertz CT molecular complexity index is 1050. The summed E-state index contributed by atoms with van der Waals surface area (Å²) in [5.41, 5.74) is 4.14. The van der Waals surface area contributed by atoms with Gasteiger partial charge in [0.25, 0.3) is 0 Å². The quantitative estimate of drug-likeness (QED) is 0.800. The first-order chi connectivity index (χ1) is 11.9. The largest absolute Gasteiger partial charge is 0.328 e. The van der Waals surface area contributed by atoms with Crippen molar-refractivity contribution in [3.63, 3.8) is 0 Å². The van der Waals surface area contributed by atoms with Gasteiger partial charge in [0.2, 0.25) is 5.91 Å². The summed E-state index contributed by atoms with van der Waals surface area (Å²) in [4.78, 5) is 25.0. The maximum absolute atomic E-state index is 12.9.